The molecule has 6 rings (SSSR count). The van der Waals surface area contributed by atoms with Gasteiger partial charge in [-0.05, 0) is 67.5 Å². The summed E-state index contributed by atoms with van der Waals surface area (Å²) >= 11 is 0. The summed E-state index contributed by atoms with van der Waals surface area (Å²) in [6.45, 7) is 27.7. The highest BCUT2D eigenvalue weighted by Gasteiger charge is 2.56. The van der Waals surface area contributed by atoms with Crippen molar-refractivity contribution in [2.24, 2.45) is 5.41 Å². The van der Waals surface area contributed by atoms with Crippen LogP contribution in [0.2, 0.25) is 0 Å². The summed E-state index contributed by atoms with van der Waals surface area (Å²) < 4.78 is 0. The molecule has 5 aromatic rings. The first-order chi connectivity index (χ1) is 21.8. The van der Waals surface area contributed by atoms with Gasteiger partial charge < -0.3 is 0 Å². The molecule has 0 saturated carbocycles. The zero-order valence-electron chi connectivity index (χ0n) is 30.4. The second-order valence-corrected chi connectivity index (χ2v) is 17.0. The van der Waals surface area contributed by atoms with E-state index in [2.05, 4.69) is 162 Å². The first-order valence-electron chi connectivity index (χ1n) is 16.9. The lowest BCUT2D eigenvalue weighted by Gasteiger charge is -2.44. The molecule has 2 aromatic heterocycles. The third kappa shape index (κ3) is 5.60. The molecular formula is C43H50N4. The van der Waals surface area contributed by atoms with Gasteiger partial charge in [0.15, 0.2) is 17.5 Å². The highest BCUT2D eigenvalue weighted by Crippen LogP contribution is 2.61. The van der Waals surface area contributed by atoms with Crippen molar-refractivity contribution >= 4 is 0 Å². The molecule has 1 aliphatic rings. The SMILES string of the molecule is CC(C)(C)c1ccc(-c2nc(-c3ccc(C(C)(C)C)cc3)nc(-c3ccc(-c4ccc5c(c4)C(C)(C)C(C)(C)C5(C)C)nc3)n2)cc1. The topological polar surface area (TPSA) is 51.6 Å². The van der Waals surface area contributed by atoms with Gasteiger partial charge in [0.25, 0.3) is 0 Å². The van der Waals surface area contributed by atoms with E-state index in [9.17, 15) is 0 Å². The third-order valence-electron chi connectivity index (χ3n) is 11.5. The Bertz CT molecular complexity index is 1850. The molecule has 4 nitrogen and oxygen atoms in total. The number of benzene rings is 3. The van der Waals surface area contributed by atoms with Crippen LogP contribution in [0.4, 0.5) is 0 Å². The molecule has 0 atom stereocenters. The summed E-state index contributed by atoms with van der Waals surface area (Å²) in [5.74, 6) is 1.92. The molecule has 0 fully saturated rings. The largest absolute Gasteiger partial charge is 0.255 e. The molecule has 0 unspecified atom stereocenters. The van der Waals surface area contributed by atoms with Crippen LogP contribution in [-0.2, 0) is 21.7 Å². The molecule has 0 saturated heterocycles. The normalized spacial score (nSPS) is 16.6. The summed E-state index contributed by atoms with van der Waals surface area (Å²) in [6.07, 6.45) is 1.90. The van der Waals surface area contributed by atoms with E-state index in [1.807, 2.05) is 6.20 Å². The van der Waals surface area contributed by atoms with Crippen molar-refractivity contribution in [2.45, 2.75) is 105 Å². The number of nitrogens with zero attached hydrogens (tertiary/aromatic N) is 4. The minimum atomic E-state index is 0.0373. The maximum Gasteiger partial charge on any atom is 0.165 e. The third-order valence-corrected chi connectivity index (χ3v) is 11.5. The lowest BCUT2D eigenvalue weighted by molar-refractivity contribution is 0.125. The first kappa shape index (κ1) is 32.7. The van der Waals surface area contributed by atoms with E-state index in [1.54, 1.807) is 0 Å². The molecular weight excluding hydrogens is 573 g/mol. The standard InChI is InChI=1S/C43H50N4/c1-39(2,3)31-19-13-27(14-20-31)36-45-37(28-15-21-32(22-16-28)40(4,5)6)47-38(46-36)30-18-24-35(44-26-30)29-17-23-33-34(25-29)42(9,10)43(11,12)41(33,7)8/h13-26H,1-12H3. The van der Waals surface area contributed by atoms with E-state index in [1.165, 1.54) is 22.3 Å². The van der Waals surface area contributed by atoms with Crippen LogP contribution in [0, 0.1) is 5.41 Å². The zero-order valence-corrected chi connectivity index (χ0v) is 30.4. The fourth-order valence-electron chi connectivity index (χ4n) is 6.92. The molecule has 242 valence electrons. The van der Waals surface area contributed by atoms with Crippen molar-refractivity contribution in [3.05, 3.63) is 107 Å². The van der Waals surface area contributed by atoms with Gasteiger partial charge in [0.05, 0.1) is 5.69 Å². The predicted molar refractivity (Wildman–Crippen MR) is 197 cm³/mol. The van der Waals surface area contributed by atoms with E-state index < -0.39 is 0 Å². The zero-order chi connectivity index (χ0) is 34.2. The number of aromatic nitrogens is 4. The van der Waals surface area contributed by atoms with Crippen LogP contribution in [0.3, 0.4) is 0 Å². The summed E-state index contributed by atoms with van der Waals surface area (Å²) in [4.78, 5) is 19.9. The minimum absolute atomic E-state index is 0.0373. The van der Waals surface area contributed by atoms with Gasteiger partial charge in [0.1, 0.15) is 0 Å². The van der Waals surface area contributed by atoms with Crippen molar-refractivity contribution in [1.29, 1.82) is 0 Å². The molecule has 0 amide bonds. The van der Waals surface area contributed by atoms with Crippen molar-refractivity contribution < 1.29 is 0 Å². The monoisotopic (exact) mass is 622 g/mol. The molecule has 0 aliphatic heterocycles. The fraction of sp³-hybridized carbons (Fsp3) is 0.395. The van der Waals surface area contributed by atoms with E-state index in [-0.39, 0.29) is 27.1 Å². The van der Waals surface area contributed by atoms with E-state index >= 15 is 0 Å². The lowest BCUT2D eigenvalue weighted by Crippen LogP contribution is -2.42. The summed E-state index contributed by atoms with van der Waals surface area (Å²) in [6, 6.07) is 28.2. The Balaban J connectivity index is 1.40. The number of hydrogen-bond donors (Lipinski definition) is 0. The smallest absolute Gasteiger partial charge is 0.165 e. The molecule has 0 bridgehead atoms. The second kappa shape index (κ2) is 10.9. The van der Waals surface area contributed by atoms with Gasteiger partial charge in [0, 0.05) is 28.5 Å². The van der Waals surface area contributed by atoms with Gasteiger partial charge in [-0.25, -0.2) is 15.0 Å². The summed E-state index contributed by atoms with van der Waals surface area (Å²) in [7, 11) is 0. The highest BCUT2D eigenvalue weighted by molar-refractivity contribution is 5.69. The molecule has 0 spiro atoms. The molecule has 2 heterocycles. The van der Waals surface area contributed by atoms with E-state index in [0.717, 1.165) is 27.9 Å². The predicted octanol–water partition coefficient (Wildman–Crippen LogP) is 11.1. The Kier molecular flexibility index (Phi) is 7.62. The molecule has 3 aromatic carbocycles. The van der Waals surface area contributed by atoms with Gasteiger partial charge in [0.2, 0.25) is 0 Å². The molecule has 4 heteroatoms. The van der Waals surface area contributed by atoms with Crippen LogP contribution < -0.4 is 0 Å². The first-order valence-corrected chi connectivity index (χ1v) is 16.9. The van der Waals surface area contributed by atoms with Gasteiger partial charge in [-0.3, -0.25) is 4.98 Å². The van der Waals surface area contributed by atoms with Crippen LogP contribution in [0.5, 0.6) is 0 Å². The maximum absolute atomic E-state index is 4.99. The second-order valence-electron chi connectivity index (χ2n) is 17.0. The molecule has 1 aliphatic carbocycles. The van der Waals surface area contributed by atoms with Crippen molar-refractivity contribution in [2.75, 3.05) is 0 Å². The van der Waals surface area contributed by atoms with Gasteiger partial charge in [-0.15, -0.1) is 0 Å². The van der Waals surface area contributed by atoms with Gasteiger partial charge in [-0.1, -0.05) is 144 Å². The average Bonchev–Trinajstić information content (AvgIpc) is 3.13. The van der Waals surface area contributed by atoms with Gasteiger partial charge >= 0.3 is 0 Å². The quantitative estimate of drug-likeness (QED) is 0.200. The molecule has 0 N–H and O–H groups in total. The maximum atomic E-state index is 4.99. The number of pyridine rings is 1. The van der Waals surface area contributed by atoms with E-state index in [0.29, 0.717) is 17.5 Å². The lowest BCUT2D eigenvalue weighted by atomic mass is 9.59. The Morgan fingerprint density at radius 1 is 0.447 bits per heavy atom. The number of fused-ring (bicyclic) bond motifs is 1. The van der Waals surface area contributed by atoms with Gasteiger partial charge in [-0.2, -0.15) is 0 Å². The van der Waals surface area contributed by atoms with Crippen LogP contribution >= 0.6 is 0 Å². The van der Waals surface area contributed by atoms with Crippen molar-refractivity contribution in [1.82, 2.24) is 19.9 Å². The Hall–Kier alpha value is -4.18. The number of rotatable bonds is 4. The Labute approximate surface area is 282 Å². The van der Waals surface area contributed by atoms with Crippen molar-refractivity contribution in [3.63, 3.8) is 0 Å². The highest BCUT2D eigenvalue weighted by atomic mass is 15.0. The average molecular weight is 623 g/mol. The Morgan fingerprint density at radius 2 is 0.851 bits per heavy atom. The summed E-state index contributed by atoms with van der Waals surface area (Å²) in [5.41, 5.74) is 10.6. The fourth-order valence-corrected chi connectivity index (χ4v) is 6.92. The minimum Gasteiger partial charge on any atom is -0.255 e. The van der Waals surface area contributed by atoms with E-state index in [4.69, 9.17) is 19.9 Å². The van der Waals surface area contributed by atoms with Crippen LogP contribution in [0.1, 0.15) is 105 Å². The van der Waals surface area contributed by atoms with Crippen molar-refractivity contribution in [3.8, 4) is 45.4 Å². The summed E-state index contributed by atoms with van der Waals surface area (Å²) in [5, 5.41) is 0. The molecule has 0 radical (unpaired) electrons. The molecule has 47 heavy (non-hydrogen) atoms. The number of hydrogen-bond acceptors (Lipinski definition) is 4. The van der Waals surface area contributed by atoms with Crippen LogP contribution in [0.15, 0.2) is 85.1 Å². The van der Waals surface area contributed by atoms with Crippen LogP contribution in [0.25, 0.3) is 45.4 Å². The Morgan fingerprint density at radius 3 is 1.28 bits per heavy atom. The van der Waals surface area contributed by atoms with Crippen LogP contribution in [-0.4, -0.2) is 19.9 Å².